The lowest BCUT2D eigenvalue weighted by atomic mass is 9.88. The third-order valence-electron chi connectivity index (χ3n) is 6.46. The van der Waals surface area contributed by atoms with Crippen molar-refractivity contribution in [2.45, 2.75) is 49.5 Å². The summed E-state index contributed by atoms with van der Waals surface area (Å²) in [4.78, 5) is 12.9. The Morgan fingerprint density at radius 1 is 1.06 bits per heavy atom. The van der Waals surface area contributed by atoms with Crippen molar-refractivity contribution in [3.05, 3.63) is 59.7 Å². The van der Waals surface area contributed by atoms with Crippen LogP contribution in [0, 0.1) is 5.92 Å². The maximum atomic E-state index is 13.7. The third kappa shape index (κ3) is 4.48. The number of carbonyl (C=O) groups is 1. The van der Waals surface area contributed by atoms with E-state index in [0.29, 0.717) is 18.7 Å². The molecular weight excluding hydrogens is 412 g/mol. The van der Waals surface area contributed by atoms with E-state index in [4.69, 9.17) is 4.74 Å². The second-order valence-corrected chi connectivity index (χ2v) is 10.2. The molecule has 1 heterocycles. The van der Waals surface area contributed by atoms with Crippen LogP contribution in [0.25, 0.3) is 0 Å². The van der Waals surface area contributed by atoms with Crippen LogP contribution in [-0.4, -0.2) is 38.8 Å². The second kappa shape index (κ2) is 9.40. The second-order valence-electron chi connectivity index (χ2n) is 8.31. The van der Waals surface area contributed by atoms with Gasteiger partial charge < -0.3 is 10.1 Å². The van der Waals surface area contributed by atoms with E-state index in [1.807, 2.05) is 24.3 Å². The fraction of sp³-hybridized carbons (Fsp3) is 0.458. The minimum Gasteiger partial charge on any atom is -0.495 e. The van der Waals surface area contributed by atoms with Gasteiger partial charge in [-0.1, -0.05) is 55.7 Å². The summed E-state index contributed by atoms with van der Waals surface area (Å²) in [5.41, 5.74) is 2.09. The number of fused-ring (bicyclic) bond motifs is 1. The highest BCUT2D eigenvalue weighted by atomic mass is 32.2. The van der Waals surface area contributed by atoms with Gasteiger partial charge in [-0.3, -0.25) is 4.79 Å². The first-order valence-electron chi connectivity index (χ1n) is 11.0. The van der Waals surface area contributed by atoms with Crippen LogP contribution in [-0.2, 0) is 21.2 Å². The molecule has 2 aromatic rings. The maximum Gasteiger partial charge on any atom is 0.247 e. The van der Waals surface area contributed by atoms with E-state index in [1.54, 1.807) is 24.3 Å². The molecule has 2 aromatic carbocycles. The van der Waals surface area contributed by atoms with Crippen LogP contribution in [0.15, 0.2) is 53.4 Å². The van der Waals surface area contributed by atoms with E-state index < -0.39 is 16.1 Å². The highest BCUT2D eigenvalue weighted by molar-refractivity contribution is 7.89. The molecule has 6 nitrogen and oxygen atoms in total. The van der Waals surface area contributed by atoms with Crippen LogP contribution in [0.5, 0.6) is 5.75 Å². The summed E-state index contributed by atoms with van der Waals surface area (Å²) in [6, 6.07) is 14.1. The Kier molecular flexibility index (Phi) is 6.62. The summed E-state index contributed by atoms with van der Waals surface area (Å²) in [5.74, 6) is 0.399. The van der Waals surface area contributed by atoms with Crippen molar-refractivity contribution in [3.8, 4) is 5.75 Å². The number of methoxy groups -OCH3 is 1. The average molecular weight is 443 g/mol. The number of hydrogen-bond acceptors (Lipinski definition) is 4. The predicted molar refractivity (Wildman–Crippen MR) is 119 cm³/mol. The summed E-state index contributed by atoms with van der Waals surface area (Å²) < 4.78 is 34.2. The number of rotatable bonds is 6. The van der Waals surface area contributed by atoms with Gasteiger partial charge in [-0.15, -0.1) is 0 Å². The molecule has 0 aromatic heterocycles. The molecule has 2 aliphatic rings. The number of carbonyl (C=O) groups excluding carboxylic acids is 1. The Morgan fingerprint density at radius 3 is 2.55 bits per heavy atom. The summed E-state index contributed by atoms with van der Waals surface area (Å²) in [7, 11) is -2.34. The van der Waals surface area contributed by atoms with Gasteiger partial charge in [0.15, 0.2) is 0 Å². The van der Waals surface area contributed by atoms with Gasteiger partial charge in [0.2, 0.25) is 15.9 Å². The molecule has 0 saturated heterocycles. The highest BCUT2D eigenvalue weighted by Crippen LogP contribution is 2.36. The van der Waals surface area contributed by atoms with Gasteiger partial charge in [-0.25, -0.2) is 8.42 Å². The molecule has 1 aliphatic carbocycles. The molecule has 0 bridgehead atoms. The Hall–Kier alpha value is -2.38. The summed E-state index contributed by atoms with van der Waals surface area (Å²) in [6.45, 7) is 0.627. The average Bonchev–Trinajstić information content (AvgIpc) is 2.82. The zero-order valence-electron chi connectivity index (χ0n) is 17.9. The number of benzene rings is 2. The van der Waals surface area contributed by atoms with Crippen molar-refractivity contribution < 1.29 is 17.9 Å². The normalized spacial score (nSPS) is 20.1. The smallest absolute Gasteiger partial charge is 0.247 e. The van der Waals surface area contributed by atoms with Gasteiger partial charge >= 0.3 is 0 Å². The van der Waals surface area contributed by atoms with Crippen molar-refractivity contribution in [1.82, 2.24) is 9.62 Å². The standard InChI is InChI=1S/C24H30N2O4S/c1-30-22-13-7-8-14-23(22)31(28,29)26-16-15-18-9-5-6-12-20(18)21(26)17-25-24(27)19-10-3-2-4-11-19/h5-9,12-14,19,21H,2-4,10-11,15-17H2,1H3,(H,25,27). The fourth-order valence-corrected chi connectivity index (χ4v) is 6.56. The van der Waals surface area contributed by atoms with E-state index in [0.717, 1.165) is 36.8 Å². The number of nitrogens with one attached hydrogen (secondary N) is 1. The Balaban J connectivity index is 1.63. The molecule has 0 spiro atoms. The molecule has 166 valence electrons. The summed E-state index contributed by atoms with van der Waals surface area (Å²) in [5, 5.41) is 3.07. The van der Waals surface area contributed by atoms with E-state index >= 15 is 0 Å². The molecule has 4 rings (SSSR count). The molecule has 1 N–H and O–H groups in total. The predicted octanol–water partition coefficient (Wildman–Crippen LogP) is 3.68. The lowest BCUT2D eigenvalue weighted by molar-refractivity contribution is -0.126. The molecule has 1 fully saturated rings. The van der Waals surface area contributed by atoms with Crippen LogP contribution in [0.4, 0.5) is 0 Å². The molecular formula is C24H30N2O4S. The molecule has 1 saturated carbocycles. The zero-order chi connectivity index (χ0) is 21.8. The van der Waals surface area contributed by atoms with E-state index in [9.17, 15) is 13.2 Å². The van der Waals surface area contributed by atoms with Crippen molar-refractivity contribution in [2.75, 3.05) is 20.2 Å². The van der Waals surface area contributed by atoms with Gasteiger partial charge in [0.05, 0.1) is 13.2 Å². The Morgan fingerprint density at radius 2 is 1.77 bits per heavy atom. The quantitative estimate of drug-likeness (QED) is 0.741. The molecule has 7 heteroatoms. The zero-order valence-corrected chi connectivity index (χ0v) is 18.7. The topological polar surface area (TPSA) is 75.7 Å². The maximum absolute atomic E-state index is 13.7. The van der Waals surface area contributed by atoms with Gasteiger partial charge in [-0.05, 0) is 42.5 Å². The lowest BCUT2D eigenvalue weighted by Gasteiger charge is -2.37. The van der Waals surface area contributed by atoms with Crippen molar-refractivity contribution in [1.29, 1.82) is 0 Å². The minimum atomic E-state index is -3.81. The Labute approximate surface area is 184 Å². The monoisotopic (exact) mass is 442 g/mol. The molecule has 1 unspecified atom stereocenters. The molecule has 1 amide bonds. The minimum absolute atomic E-state index is 0.0341. The largest absolute Gasteiger partial charge is 0.495 e. The number of para-hydroxylation sites is 1. The summed E-state index contributed by atoms with van der Waals surface area (Å²) in [6.07, 6.45) is 5.81. The SMILES string of the molecule is COc1ccccc1S(=O)(=O)N1CCc2ccccc2C1CNC(=O)C1CCCCC1. The molecule has 0 radical (unpaired) electrons. The molecule has 31 heavy (non-hydrogen) atoms. The molecule has 1 atom stereocenters. The van der Waals surface area contributed by atoms with Crippen molar-refractivity contribution >= 4 is 15.9 Å². The van der Waals surface area contributed by atoms with Gasteiger partial charge in [-0.2, -0.15) is 4.31 Å². The first-order valence-corrected chi connectivity index (χ1v) is 12.5. The van der Waals surface area contributed by atoms with E-state index in [2.05, 4.69) is 5.32 Å². The van der Waals surface area contributed by atoms with Crippen LogP contribution in [0.1, 0.15) is 49.3 Å². The first-order chi connectivity index (χ1) is 15.0. The van der Waals surface area contributed by atoms with Crippen molar-refractivity contribution in [2.24, 2.45) is 5.92 Å². The van der Waals surface area contributed by atoms with E-state index in [-0.39, 0.29) is 23.3 Å². The first kappa shape index (κ1) is 21.8. The lowest BCUT2D eigenvalue weighted by Crippen LogP contribution is -2.46. The van der Waals surface area contributed by atoms with Crippen molar-refractivity contribution in [3.63, 3.8) is 0 Å². The fourth-order valence-electron chi connectivity index (χ4n) is 4.79. The Bertz CT molecular complexity index is 1030. The van der Waals surface area contributed by atoms with E-state index in [1.165, 1.54) is 17.8 Å². The van der Waals surface area contributed by atoms with Crippen LogP contribution in [0.3, 0.4) is 0 Å². The number of nitrogens with zero attached hydrogens (tertiary/aromatic N) is 1. The van der Waals surface area contributed by atoms with Gasteiger partial charge in [0.25, 0.3) is 0 Å². The number of ether oxygens (including phenoxy) is 1. The van der Waals surface area contributed by atoms with Crippen LogP contribution in [0.2, 0.25) is 0 Å². The third-order valence-corrected chi connectivity index (χ3v) is 8.41. The number of hydrogen-bond donors (Lipinski definition) is 1. The van der Waals surface area contributed by atoms with Gasteiger partial charge in [0, 0.05) is 19.0 Å². The summed E-state index contributed by atoms with van der Waals surface area (Å²) >= 11 is 0. The van der Waals surface area contributed by atoms with Gasteiger partial charge in [0.1, 0.15) is 10.6 Å². The van der Waals surface area contributed by atoms with Crippen LogP contribution < -0.4 is 10.1 Å². The highest BCUT2D eigenvalue weighted by Gasteiger charge is 2.38. The van der Waals surface area contributed by atoms with Crippen LogP contribution >= 0.6 is 0 Å². The molecule has 1 aliphatic heterocycles. The number of amides is 1. The number of sulfonamides is 1.